The van der Waals surface area contributed by atoms with Crippen molar-refractivity contribution >= 4 is 0 Å². The van der Waals surface area contributed by atoms with Gasteiger partial charge >= 0.3 is 0 Å². The summed E-state index contributed by atoms with van der Waals surface area (Å²) >= 11 is 0. The van der Waals surface area contributed by atoms with Gasteiger partial charge in [-0.2, -0.15) is 5.26 Å². The van der Waals surface area contributed by atoms with Gasteiger partial charge in [0.1, 0.15) is 11.6 Å². The van der Waals surface area contributed by atoms with Crippen molar-refractivity contribution in [1.82, 2.24) is 5.32 Å². The van der Waals surface area contributed by atoms with E-state index >= 15 is 0 Å². The van der Waals surface area contributed by atoms with Crippen molar-refractivity contribution in [2.75, 3.05) is 0 Å². The molecule has 0 unspecified atom stereocenters. The maximum atomic E-state index is 13.6. The van der Waals surface area contributed by atoms with E-state index in [9.17, 15) is 8.78 Å². The first kappa shape index (κ1) is 14.2. The topological polar surface area (TPSA) is 35.8 Å². The molecule has 2 rings (SSSR count). The van der Waals surface area contributed by atoms with E-state index in [0.717, 1.165) is 23.3 Å². The number of nitrogens with zero attached hydrogens (tertiary/aromatic N) is 1. The van der Waals surface area contributed by atoms with E-state index in [1.807, 2.05) is 31.2 Å². The lowest BCUT2D eigenvalue weighted by Crippen LogP contribution is -2.15. The number of aryl methyl sites for hydroxylation is 1. The largest absolute Gasteiger partial charge is 0.308 e. The van der Waals surface area contributed by atoms with Gasteiger partial charge in [0.25, 0.3) is 0 Å². The third-order valence-corrected chi connectivity index (χ3v) is 3.02. The normalized spacial score (nSPS) is 10.3. The van der Waals surface area contributed by atoms with E-state index < -0.39 is 11.6 Å². The van der Waals surface area contributed by atoms with Crippen LogP contribution in [0.4, 0.5) is 8.78 Å². The zero-order valence-corrected chi connectivity index (χ0v) is 11.1. The summed E-state index contributed by atoms with van der Waals surface area (Å²) in [5, 5.41) is 11.6. The molecular weight excluding hydrogens is 258 g/mol. The Morgan fingerprint density at radius 1 is 1.05 bits per heavy atom. The highest BCUT2D eigenvalue weighted by Crippen LogP contribution is 2.15. The van der Waals surface area contributed by atoms with Gasteiger partial charge in [0.15, 0.2) is 0 Å². The van der Waals surface area contributed by atoms with Crippen molar-refractivity contribution in [3.05, 3.63) is 70.3 Å². The Bertz CT molecular complexity index is 620. The number of benzene rings is 2. The molecule has 0 aromatic heterocycles. The predicted molar refractivity (Wildman–Crippen MR) is 72.8 cm³/mol. The molecule has 0 spiro atoms. The van der Waals surface area contributed by atoms with Gasteiger partial charge in [-0.1, -0.05) is 29.8 Å². The molecular formula is C16H14F2N2. The summed E-state index contributed by atoms with van der Waals surface area (Å²) in [6.45, 7) is 2.61. The number of halogens is 2. The van der Waals surface area contributed by atoms with Crippen LogP contribution in [-0.4, -0.2) is 0 Å². The minimum absolute atomic E-state index is 0.0118. The minimum atomic E-state index is -0.696. The molecule has 0 aliphatic heterocycles. The van der Waals surface area contributed by atoms with Crippen LogP contribution in [0.5, 0.6) is 0 Å². The number of rotatable bonds is 4. The van der Waals surface area contributed by atoms with E-state index in [2.05, 4.69) is 5.32 Å². The van der Waals surface area contributed by atoms with E-state index in [1.54, 1.807) is 6.07 Å². The van der Waals surface area contributed by atoms with Gasteiger partial charge in [0, 0.05) is 18.7 Å². The van der Waals surface area contributed by atoms with Crippen LogP contribution in [0.15, 0.2) is 36.4 Å². The molecule has 0 radical (unpaired) electrons. The first-order valence-corrected chi connectivity index (χ1v) is 6.24. The first-order chi connectivity index (χ1) is 9.60. The lowest BCUT2D eigenvalue weighted by atomic mass is 10.1. The number of nitrogens with one attached hydrogen (secondary N) is 1. The maximum absolute atomic E-state index is 13.6. The second kappa shape index (κ2) is 6.27. The third-order valence-electron chi connectivity index (χ3n) is 3.02. The number of nitriles is 1. The Kier molecular flexibility index (Phi) is 4.44. The van der Waals surface area contributed by atoms with Crippen LogP contribution in [0.2, 0.25) is 0 Å². The summed E-state index contributed by atoms with van der Waals surface area (Å²) in [5.74, 6) is -1.39. The minimum Gasteiger partial charge on any atom is -0.308 e. The van der Waals surface area contributed by atoms with Crippen molar-refractivity contribution in [3.63, 3.8) is 0 Å². The second-order valence-electron chi connectivity index (χ2n) is 4.62. The molecule has 0 aliphatic carbocycles. The standard InChI is InChI=1S/C16H14F2N2/c1-11-2-4-12(5-3-11)9-20-10-14-15(17)6-13(8-19)7-16(14)18/h2-7,20H,9-10H2,1H3. The Morgan fingerprint density at radius 2 is 1.65 bits per heavy atom. The fourth-order valence-electron chi connectivity index (χ4n) is 1.87. The summed E-state index contributed by atoms with van der Waals surface area (Å²) in [6, 6.07) is 11.7. The quantitative estimate of drug-likeness (QED) is 0.925. The van der Waals surface area contributed by atoms with Crippen molar-refractivity contribution < 1.29 is 8.78 Å². The van der Waals surface area contributed by atoms with Gasteiger partial charge in [-0.05, 0) is 24.6 Å². The lowest BCUT2D eigenvalue weighted by molar-refractivity contribution is 0.535. The zero-order valence-electron chi connectivity index (χ0n) is 11.1. The van der Waals surface area contributed by atoms with E-state index in [1.165, 1.54) is 0 Å². The van der Waals surface area contributed by atoms with Crippen molar-refractivity contribution in [2.24, 2.45) is 0 Å². The fraction of sp³-hybridized carbons (Fsp3) is 0.188. The van der Waals surface area contributed by atoms with Crippen molar-refractivity contribution in [1.29, 1.82) is 5.26 Å². The van der Waals surface area contributed by atoms with Gasteiger partial charge in [-0.25, -0.2) is 8.78 Å². The fourth-order valence-corrected chi connectivity index (χ4v) is 1.87. The Balaban J connectivity index is 2.01. The molecule has 2 nitrogen and oxygen atoms in total. The van der Waals surface area contributed by atoms with Gasteiger partial charge < -0.3 is 5.32 Å². The Hall–Kier alpha value is -2.25. The SMILES string of the molecule is Cc1ccc(CNCc2c(F)cc(C#N)cc2F)cc1. The molecule has 0 atom stereocenters. The smallest absolute Gasteiger partial charge is 0.131 e. The highest BCUT2D eigenvalue weighted by atomic mass is 19.1. The highest BCUT2D eigenvalue weighted by Gasteiger charge is 2.10. The van der Waals surface area contributed by atoms with Crippen LogP contribution < -0.4 is 5.32 Å². The van der Waals surface area contributed by atoms with E-state index in [-0.39, 0.29) is 17.7 Å². The molecule has 0 bridgehead atoms. The first-order valence-electron chi connectivity index (χ1n) is 6.24. The van der Waals surface area contributed by atoms with Gasteiger partial charge in [0.05, 0.1) is 11.6 Å². The van der Waals surface area contributed by atoms with Crippen LogP contribution in [0, 0.1) is 29.9 Å². The molecule has 0 amide bonds. The van der Waals surface area contributed by atoms with Crippen molar-refractivity contribution in [3.8, 4) is 6.07 Å². The Labute approximate surface area is 116 Å². The maximum Gasteiger partial charge on any atom is 0.131 e. The summed E-state index contributed by atoms with van der Waals surface area (Å²) in [4.78, 5) is 0. The average Bonchev–Trinajstić information content (AvgIpc) is 2.43. The molecule has 0 fully saturated rings. The number of hydrogen-bond acceptors (Lipinski definition) is 2. The molecule has 0 saturated heterocycles. The highest BCUT2D eigenvalue weighted by molar-refractivity contribution is 5.34. The summed E-state index contributed by atoms with van der Waals surface area (Å²) < 4.78 is 27.3. The zero-order chi connectivity index (χ0) is 14.5. The van der Waals surface area contributed by atoms with E-state index in [0.29, 0.717) is 6.54 Å². The van der Waals surface area contributed by atoms with Gasteiger partial charge in [0.2, 0.25) is 0 Å². The molecule has 0 heterocycles. The third kappa shape index (κ3) is 3.40. The molecule has 0 aliphatic rings. The van der Waals surface area contributed by atoms with Gasteiger partial charge in [-0.15, -0.1) is 0 Å². The van der Waals surface area contributed by atoms with Gasteiger partial charge in [-0.3, -0.25) is 0 Å². The van der Waals surface area contributed by atoms with Crippen LogP contribution in [-0.2, 0) is 13.1 Å². The van der Waals surface area contributed by atoms with Crippen molar-refractivity contribution in [2.45, 2.75) is 20.0 Å². The van der Waals surface area contributed by atoms with E-state index in [4.69, 9.17) is 5.26 Å². The molecule has 1 N–H and O–H groups in total. The molecule has 0 saturated carbocycles. The summed E-state index contributed by atoms with van der Waals surface area (Å²) in [5.41, 5.74) is 2.15. The Morgan fingerprint density at radius 3 is 2.20 bits per heavy atom. The van der Waals surface area contributed by atoms with Crippen LogP contribution in [0.3, 0.4) is 0 Å². The molecule has 2 aromatic rings. The monoisotopic (exact) mass is 272 g/mol. The van der Waals surface area contributed by atoms with Crippen LogP contribution in [0.25, 0.3) is 0 Å². The van der Waals surface area contributed by atoms with Crippen LogP contribution in [0.1, 0.15) is 22.3 Å². The lowest BCUT2D eigenvalue weighted by Gasteiger charge is -2.08. The number of hydrogen-bond donors (Lipinski definition) is 1. The molecule has 4 heteroatoms. The predicted octanol–water partition coefficient (Wildman–Crippen LogP) is 3.43. The van der Waals surface area contributed by atoms with Crippen LogP contribution >= 0.6 is 0 Å². The molecule has 20 heavy (non-hydrogen) atoms. The second-order valence-corrected chi connectivity index (χ2v) is 4.62. The molecule has 2 aromatic carbocycles. The summed E-state index contributed by atoms with van der Waals surface area (Å²) in [7, 11) is 0. The average molecular weight is 272 g/mol. The molecule has 102 valence electrons. The summed E-state index contributed by atoms with van der Waals surface area (Å²) in [6.07, 6.45) is 0.